The lowest BCUT2D eigenvalue weighted by Crippen LogP contribution is -2.14. The van der Waals surface area contributed by atoms with E-state index in [1.165, 1.54) is 0 Å². The molecular weight excluding hydrogens is 207 g/mol. The van der Waals surface area contributed by atoms with E-state index in [4.69, 9.17) is 0 Å². The molecule has 0 spiro atoms. The molecule has 1 saturated carbocycles. The van der Waals surface area contributed by atoms with Gasteiger partial charge in [-0.05, 0) is 19.9 Å². The van der Waals surface area contributed by atoms with E-state index in [0.29, 0.717) is 5.69 Å². The van der Waals surface area contributed by atoms with Crippen LogP contribution < -0.4 is 5.32 Å². The topological polar surface area (TPSA) is 40.7 Å². The Morgan fingerprint density at radius 3 is 2.60 bits per heavy atom. The molecule has 0 atom stereocenters. The molecule has 15 heavy (non-hydrogen) atoms. The van der Waals surface area contributed by atoms with Crippen LogP contribution in [0.1, 0.15) is 35.7 Å². The highest BCUT2D eigenvalue weighted by Crippen LogP contribution is 2.43. The average Bonchev–Trinajstić information content (AvgIpc) is 2.87. The fourth-order valence-corrected chi connectivity index (χ4v) is 1.68. The van der Waals surface area contributed by atoms with Crippen LogP contribution in [0.15, 0.2) is 0 Å². The molecule has 1 fully saturated rings. The molecule has 1 aromatic rings. The van der Waals surface area contributed by atoms with Crippen LogP contribution in [0.3, 0.4) is 0 Å². The lowest BCUT2D eigenvalue weighted by molar-refractivity contribution is -0.141. The van der Waals surface area contributed by atoms with E-state index < -0.39 is 11.9 Å². The van der Waals surface area contributed by atoms with E-state index in [-0.39, 0.29) is 18.0 Å². The minimum atomic E-state index is -4.37. The summed E-state index contributed by atoms with van der Waals surface area (Å²) >= 11 is 0. The van der Waals surface area contributed by atoms with Gasteiger partial charge in [-0.15, -0.1) is 0 Å². The SMILES string of the molecule is CNCc1c(C(F)(F)F)n[nH]c1C1CC1. The number of hydrogen-bond acceptors (Lipinski definition) is 2. The third-order valence-electron chi connectivity index (χ3n) is 2.51. The molecule has 0 saturated heterocycles. The summed E-state index contributed by atoms with van der Waals surface area (Å²) in [6.45, 7) is 0.206. The number of alkyl halides is 3. The van der Waals surface area contributed by atoms with Crippen molar-refractivity contribution < 1.29 is 13.2 Å². The zero-order chi connectivity index (χ0) is 11.1. The van der Waals surface area contributed by atoms with E-state index in [0.717, 1.165) is 12.8 Å². The summed E-state index contributed by atoms with van der Waals surface area (Å²) in [5.74, 6) is 0.247. The van der Waals surface area contributed by atoms with Crippen molar-refractivity contribution in [1.82, 2.24) is 15.5 Å². The van der Waals surface area contributed by atoms with Crippen LogP contribution in [-0.4, -0.2) is 17.2 Å². The summed E-state index contributed by atoms with van der Waals surface area (Å²) in [5, 5.41) is 8.64. The van der Waals surface area contributed by atoms with E-state index in [9.17, 15) is 13.2 Å². The van der Waals surface area contributed by atoms with Gasteiger partial charge in [0, 0.05) is 23.7 Å². The largest absolute Gasteiger partial charge is 0.435 e. The Morgan fingerprint density at radius 2 is 2.13 bits per heavy atom. The molecule has 0 unspecified atom stereocenters. The summed E-state index contributed by atoms with van der Waals surface area (Å²) in [6, 6.07) is 0. The molecule has 0 aliphatic heterocycles. The molecule has 2 rings (SSSR count). The Kier molecular flexibility index (Phi) is 2.46. The van der Waals surface area contributed by atoms with E-state index >= 15 is 0 Å². The van der Waals surface area contributed by atoms with Crippen LogP contribution in [0, 0.1) is 0 Å². The molecule has 3 nitrogen and oxygen atoms in total. The van der Waals surface area contributed by atoms with Crippen molar-refractivity contribution >= 4 is 0 Å². The number of nitrogens with one attached hydrogen (secondary N) is 2. The number of aromatic nitrogens is 2. The highest BCUT2D eigenvalue weighted by atomic mass is 19.4. The van der Waals surface area contributed by atoms with Gasteiger partial charge < -0.3 is 5.32 Å². The van der Waals surface area contributed by atoms with Crippen molar-refractivity contribution in [2.75, 3.05) is 7.05 Å². The quantitative estimate of drug-likeness (QED) is 0.816. The van der Waals surface area contributed by atoms with Crippen molar-refractivity contribution in [2.24, 2.45) is 0 Å². The molecule has 0 amide bonds. The Morgan fingerprint density at radius 1 is 1.47 bits per heavy atom. The van der Waals surface area contributed by atoms with Crippen molar-refractivity contribution in [3.63, 3.8) is 0 Å². The van der Waals surface area contributed by atoms with E-state index in [2.05, 4.69) is 15.5 Å². The van der Waals surface area contributed by atoms with Crippen LogP contribution in [0.2, 0.25) is 0 Å². The van der Waals surface area contributed by atoms with Gasteiger partial charge in [-0.2, -0.15) is 18.3 Å². The summed E-state index contributed by atoms with van der Waals surface area (Å²) in [5.41, 5.74) is 0.142. The molecule has 1 aliphatic rings. The molecule has 0 bridgehead atoms. The Hall–Kier alpha value is -1.04. The highest BCUT2D eigenvalue weighted by molar-refractivity contribution is 5.32. The van der Waals surface area contributed by atoms with Gasteiger partial charge in [-0.25, -0.2) is 0 Å². The zero-order valence-corrected chi connectivity index (χ0v) is 8.28. The monoisotopic (exact) mass is 219 g/mol. The van der Waals surface area contributed by atoms with Crippen molar-refractivity contribution in [2.45, 2.75) is 31.5 Å². The summed E-state index contributed by atoms with van der Waals surface area (Å²) < 4.78 is 37.7. The molecule has 0 radical (unpaired) electrons. The minimum absolute atomic E-state index is 0.206. The van der Waals surface area contributed by atoms with Crippen LogP contribution in [-0.2, 0) is 12.7 Å². The maximum absolute atomic E-state index is 12.6. The van der Waals surface area contributed by atoms with Gasteiger partial charge in [-0.1, -0.05) is 0 Å². The summed E-state index contributed by atoms with van der Waals surface area (Å²) in [7, 11) is 1.63. The summed E-state index contributed by atoms with van der Waals surface area (Å²) in [4.78, 5) is 0. The standard InChI is InChI=1S/C9H12F3N3/c1-13-4-6-7(5-2-3-5)14-15-8(6)9(10,11)12/h5,13H,2-4H2,1H3,(H,14,15). The molecule has 0 aromatic carbocycles. The van der Waals surface area contributed by atoms with Gasteiger partial charge >= 0.3 is 6.18 Å². The molecule has 2 N–H and O–H groups in total. The maximum Gasteiger partial charge on any atom is 0.435 e. The van der Waals surface area contributed by atoms with Gasteiger partial charge in [0.15, 0.2) is 5.69 Å². The number of nitrogens with zero attached hydrogens (tertiary/aromatic N) is 1. The van der Waals surface area contributed by atoms with Gasteiger partial charge in [0.1, 0.15) is 0 Å². The van der Waals surface area contributed by atoms with Gasteiger partial charge in [0.2, 0.25) is 0 Å². The molecule has 1 aliphatic carbocycles. The Bertz CT molecular complexity index is 352. The van der Waals surface area contributed by atoms with Crippen LogP contribution in [0.25, 0.3) is 0 Å². The number of H-pyrrole nitrogens is 1. The lowest BCUT2D eigenvalue weighted by atomic mass is 10.1. The second kappa shape index (κ2) is 3.52. The lowest BCUT2D eigenvalue weighted by Gasteiger charge is -2.07. The maximum atomic E-state index is 12.6. The molecule has 84 valence electrons. The average molecular weight is 219 g/mol. The number of rotatable bonds is 3. The third-order valence-corrected chi connectivity index (χ3v) is 2.51. The predicted molar refractivity (Wildman–Crippen MR) is 48.3 cm³/mol. The Balaban J connectivity index is 2.37. The van der Waals surface area contributed by atoms with Crippen molar-refractivity contribution in [3.05, 3.63) is 17.0 Å². The first kappa shape index (κ1) is 10.5. The number of hydrogen-bond donors (Lipinski definition) is 2. The zero-order valence-electron chi connectivity index (χ0n) is 8.28. The minimum Gasteiger partial charge on any atom is -0.316 e. The van der Waals surface area contributed by atoms with Crippen LogP contribution >= 0.6 is 0 Å². The second-order valence-corrected chi connectivity index (χ2v) is 3.77. The Labute approximate surface area is 85.1 Å². The van der Waals surface area contributed by atoms with E-state index in [1.54, 1.807) is 7.05 Å². The van der Waals surface area contributed by atoms with E-state index in [1.807, 2.05) is 0 Å². The van der Waals surface area contributed by atoms with Crippen LogP contribution in [0.5, 0.6) is 0 Å². The van der Waals surface area contributed by atoms with Crippen molar-refractivity contribution in [1.29, 1.82) is 0 Å². The van der Waals surface area contributed by atoms with Gasteiger partial charge in [-0.3, -0.25) is 5.10 Å². The molecule has 1 heterocycles. The molecule has 6 heteroatoms. The fraction of sp³-hybridized carbons (Fsp3) is 0.667. The third kappa shape index (κ3) is 1.99. The second-order valence-electron chi connectivity index (χ2n) is 3.77. The number of halogens is 3. The van der Waals surface area contributed by atoms with Crippen LogP contribution in [0.4, 0.5) is 13.2 Å². The highest BCUT2D eigenvalue weighted by Gasteiger charge is 2.40. The summed E-state index contributed by atoms with van der Waals surface area (Å²) in [6.07, 6.45) is -2.46. The first-order chi connectivity index (χ1) is 7.04. The first-order valence-corrected chi connectivity index (χ1v) is 4.83. The smallest absolute Gasteiger partial charge is 0.316 e. The predicted octanol–water partition coefficient (Wildman–Crippen LogP) is 2.03. The van der Waals surface area contributed by atoms with Gasteiger partial charge in [0.25, 0.3) is 0 Å². The molecular formula is C9H12F3N3. The van der Waals surface area contributed by atoms with Crippen molar-refractivity contribution in [3.8, 4) is 0 Å². The van der Waals surface area contributed by atoms with Gasteiger partial charge in [0.05, 0.1) is 0 Å². The first-order valence-electron chi connectivity index (χ1n) is 4.83. The molecule has 1 aromatic heterocycles. The fourth-order valence-electron chi connectivity index (χ4n) is 1.68. The number of aromatic amines is 1. The normalized spacial score (nSPS) is 17.1.